The van der Waals surface area contributed by atoms with Crippen molar-refractivity contribution in [2.24, 2.45) is 0 Å². The highest BCUT2D eigenvalue weighted by molar-refractivity contribution is 5.94. The number of aryl methyl sites for hydroxylation is 1. The van der Waals surface area contributed by atoms with Crippen molar-refractivity contribution in [1.82, 2.24) is 10.6 Å². The van der Waals surface area contributed by atoms with Gasteiger partial charge in [-0.25, -0.2) is 13.6 Å². The minimum atomic E-state index is -0.537. The van der Waals surface area contributed by atoms with Gasteiger partial charge in [0.2, 0.25) is 5.91 Å². The molecule has 3 N–H and O–H groups in total. The van der Waals surface area contributed by atoms with Crippen LogP contribution >= 0.6 is 0 Å². The fourth-order valence-corrected chi connectivity index (χ4v) is 1.88. The second-order valence-electron chi connectivity index (χ2n) is 5.17. The van der Waals surface area contributed by atoms with Crippen LogP contribution in [0.1, 0.15) is 11.1 Å². The van der Waals surface area contributed by atoms with Gasteiger partial charge in [0.05, 0.1) is 6.54 Å². The molecule has 0 atom stereocenters. The number of hydrogen-bond acceptors (Lipinski definition) is 2. The van der Waals surface area contributed by atoms with Crippen molar-refractivity contribution in [1.29, 1.82) is 0 Å². The minimum Gasteiger partial charge on any atom is -0.334 e. The van der Waals surface area contributed by atoms with E-state index in [9.17, 15) is 18.4 Å². The van der Waals surface area contributed by atoms with E-state index in [0.29, 0.717) is 11.3 Å². The Hall–Kier alpha value is -2.96. The summed E-state index contributed by atoms with van der Waals surface area (Å²) in [5.41, 5.74) is 1.52. The van der Waals surface area contributed by atoms with Gasteiger partial charge in [0.15, 0.2) is 0 Å². The molecule has 2 aromatic rings. The Morgan fingerprint density at radius 1 is 1.00 bits per heavy atom. The molecule has 0 bridgehead atoms. The Balaban J connectivity index is 1.73. The molecular formula is C17H17F2N3O2. The van der Waals surface area contributed by atoms with Gasteiger partial charge in [0, 0.05) is 12.2 Å². The zero-order valence-corrected chi connectivity index (χ0v) is 13.0. The Bertz CT molecular complexity index is 733. The van der Waals surface area contributed by atoms with Crippen LogP contribution < -0.4 is 16.0 Å². The lowest BCUT2D eigenvalue weighted by Crippen LogP contribution is -2.39. The number of urea groups is 1. The van der Waals surface area contributed by atoms with Gasteiger partial charge in [-0.05, 0) is 42.3 Å². The molecule has 3 amide bonds. The fourth-order valence-electron chi connectivity index (χ4n) is 1.88. The van der Waals surface area contributed by atoms with Gasteiger partial charge in [-0.15, -0.1) is 0 Å². The molecule has 2 aromatic carbocycles. The molecule has 0 aliphatic rings. The van der Waals surface area contributed by atoms with Crippen LogP contribution in [0.15, 0.2) is 42.5 Å². The van der Waals surface area contributed by atoms with Crippen molar-refractivity contribution in [2.75, 3.05) is 11.9 Å². The van der Waals surface area contributed by atoms with Crippen LogP contribution in [0.3, 0.4) is 0 Å². The maximum absolute atomic E-state index is 13.4. The molecule has 126 valence electrons. The zero-order valence-electron chi connectivity index (χ0n) is 13.0. The summed E-state index contributed by atoms with van der Waals surface area (Å²) in [5, 5.41) is 7.40. The Labute approximate surface area is 138 Å². The Kier molecular flexibility index (Phi) is 5.83. The molecule has 0 aliphatic carbocycles. The number of halogens is 2. The summed E-state index contributed by atoms with van der Waals surface area (Å²) >= 11 is 0. The van der Waals surface area contributed by atoms with Crippen LogP contribution in [-0.4, -0.2) is 18.5 Å². The van der Waals surface area contributed by atoms with Gasteiger partial charge in [0.1, 0.15) is 11.6 Å². The predicted octanol–water partition coefficient (Wildman–Crippen LogP) is 2.71. The van der Waals surface area contributed by atoms with Crippen LogP contribution in [0.4, 0.5) is 19.3 Å². The number of amides is 3. The predicted molar refractivity (Wildman–Crippen MR) is 86.4 cm³/mol. The third-order valence-electron chi connectivity index (χ3n) is 3.23. The largest absolute Gasteiger partial charge is 0.334 e. The highest BCUT2D eigenvalue weighted by atomic mass is 19.1. The first kappa shape index (κ1) is 17.4. The number of benzene rings is 2. The number of rotatable bonds is 5. The summed E-state index contributed by atoms with van der Waals surface area (Å²) in [6, 6.07) is 9.49. The molecular weight excluding hydrogens is 316 g/mol. The first-order chi connectivity index (χ1) is 11.4. The quantitative estimate of drug-likeness (QED) is 0.787. The normalized spacial score (nSPS) is 10.1. The van der Waals surface area contributed by atoms with E-state index < -0.39 is 17.8 Å². The maximum atomic E-state index is 13.4. The maximum Gasteiger partial charge on any atom is 0.315 e. The first-order valence-corrected chi connectivity index (χ1v) is 7.26. The zero-order chi connectivity index (χ0) is 17.5. The van der Waals surface area contributed by atoms with Crippen molar-refractivity contribution < 1.29 is 18.4 Å². The Morgan fingerprint density at radius 3 is 2.38 bits per heavy atom. The summed E-state index contributed by atoms with van der Waals surface area (Å²) in [6.07, 6.45) is 0. The number of hydrogen-bond donors (Lipinski definition) is 3. The van der Waals surface area contributed by atoms with E-state index >= 15 is 0 Å². The highest BCUT2D eigenvalue weighted by Gasteiger charge is 2.07. The SMILES string of the molecule is Cc1ccc(NC(=O)CNC(=O)NCc2ccc(F)cc2)cc1F. The molecule has 0 spiro atoms. The lowest BCUT2D eigenvalue weighted by atomic mass is 10.2. The monoisotopic (exact) mass is 333 g/mol. The molecule has 0 saturated carbocycles. The second-order valence-corrected chi connectivity index (χ2v) is 5.17. The van der Waals surface area contributed by atoms with Crippen molar-refractivity contribution >= 4 is 17.6 Å². The molecule has 0 fully saturated rings. The van der Waals surface area contributed by atoms with Crippen LogP contribution in [0, 0.1) is 18.6 Å². The molecule has 0 radical (unpaired) electrons. The van der Waals surface area contributed by atoms with Crippen LogP contribution in [0.2, 0.25) is 0 Å². The van der Waals surface area contributed by atoms with E-state index in [1.165, 1.54) is 18.2 Å². The summed E-state index contributed by atoms with van der Waals surface area (Å²) in [5.74, 6) is -1.25. The van der Waals surface area contributed by atoms with Gasteiger partial charge in [0.25, 0.3) is 0 Å². The second kappa shape index (κ2) is 8.05. The van der Waals surface area contributed by atoms with E-state index in [-0.39, 0.29) is 18.9 Å². The topological polar surface area (TPSA) is 70.2 Å². The van der Waals surface area contributed by atoms with Crippen LogP contribution in [-0.2, 0) is 11.3 Å². The Morgan fingerprint density at radius 2 is 1.71 bits per heavy atom. The lowest BCUT2D eigenvalue weighted by molar-refractivity contribution is -0.115. The summed E-state index contributed by atoms with van der Waals surface area (Å²) in [4.78, 5) is 23.3. The van der Waals surface area contributed by atoms with Crippen molar-refractivity contribution in [3.05, 3.63) is 65.2 Å². The van der Waals surface area contributed by atoms with Crippen molar-refractivity contribution in [3.8, 4) is 0 Å². The van der Waals surface area contributed by atoms with Gasteiger partial charge >= 0.3 is 6.03 Å². The molecule has 5 nitrogen and oxygen atoms in total. The number of carbonyl (C=O) groups excluding carboxylic acids is 2. The molecule has 0 heterocycles. The molecule has 2 rings (SSSR count). The third kappa shape index (κ3) is 5.35. The summed E-state index contributed by atoms with van der Waals surface area (Å²) in [7, 11) is 0. The third-order valence-corrected chi connectivity index (χ3v) is 3.23. The smallest absolute Gasteiger partial charge is 0.315 e. The average molecular weight is 333 g/mol. The van der Waals surface area contributed by atoms with Gasteiger partial charge in [-0.2, -0.15) is 0 Å². The summed E-state index contributed by atoms with van der Waals surface area (Å²) < 4.78 is 26.1. The molecule has 0 unspecified atom stereocenters. The van der Waals surface area contributed by atoms with E-state index in [1.807, 2.05) is 0 Å². The number of nitrogens with one attached hydrogen (secondary N) is 3. The lowest BCUT2D eigenvalue weighted by Gasteiger charge is -2.09. The highest BCUT2D eigenvalue weighted by Crippen LogP contribution is 2.13. The van der Waals surface area contributed by atoms with Gasteiger partial charge < -0.3 is 16.0 Å². The molecule has 24 heavy (non-hydrogen) atoms. The molecule has 7 heteroatoms. The van der Waals surface area contributed by atoms with Gasteiger partial charge in [-0.3, -0.25) is 4.79 Å². The van der Waals surface area contributed by atoms with Crippen LogP contribution in [0.25, 0.3) is 0 Å². The summed E-state index contributed by atoms with van der Waals surface area (Å²) in [6.45, 7) is 1.57. The number of carbonyl (C=O) groups is 2. The minimum absolute atomic E-state index is 0.205. The van der Waals surface area contributed by atoms with E-state index in [0.717, 1.165) is 5.56 Å². The van der Waals surface area contributed by atoms with Crippen molar-refractivity contribution in [3.63, 3.8) is 0 Å². The van der Waals surface area contributed by atoms with E-state index in [4.69, 9.17) is 0 Å². The fraction of sp³-hybridized carbons (Fsp3) is 0.176. The van der Waals surface area contributed by atoms with Crippen molar-refractivity contribution in [2.45, 2.75) is 13.5 Å². The van der Waals surface area contributed by atoms with Crippen LogP contribution in [0.5, 0.6) is 0 Å². The molecule has 0 aromatic heterocycles. The first-order valence-electron chi connectivity index (χ1n) is 7.26. The number of anilines is 1. The standard InChI is InChI=1S/C17H17F2N3O2/c1-11-2-7-14(8-15(11)19)22-16(23)10-21-17(24)20-9-12-3-5-13(18)6-4-12/h2-8H,9-10H2,1H3,(H,22,23)(H2,20,21,24). The average Bonchev–Trinajstić information content (AvgIpc) is 2.56. The van der Waals surface area contributed by atoms with E-state index in [2.05, 4.69) is 16.0 Å². The van der Waals surface area contributed by atoms with E-state index in [1.54, 1.807) is 31.2 Å². The molecule has 0 aliphatic heterocycles. The van der Waals surface area contributed by atoms with Gasteiger partial charge in [-0.1, -0.05) is 18.2 Å². The molecule has 0 saturated heterocycles.